The molecular weight excluding hydrogens is 278 g/mol. The summed E-state index contributed by atoms with van der Waals surface area (Å²) in [6.45, 7) is 1.99. The molecule has 1 aromatic heterocycles. The number of rotatable bonds is 0. The zero-order valence-electron chi connectivity index (χ0n) is 9.25. The Kier molecular flexibility index (Phi) is 2.30. The molecule has 0 spiro atoms. The molecule has 0 fully saturated rings. The Hall–Kier alpha value is -1.61. The van der Waals surface area contributed by atoms with Gasteiger partial charge in [-0.2, -0.15) is 0 Å². The van der Waals surface area contributed by atoms with Crippen molar-refractivity contribution in [1.29, 1.82) is 0 Å². The fourth-order valence-electron chi connectivity index (χ4n) is 2.14. The fourth-order valence-corrected chi connectivity index (χ4v) is 2.72. The Bertz CT molecular complexity index is 789. The summed E-state index contributed by atoms with van der Waals surface area (Å²) >= 11 is 3.52. The number of hydrogen-bond donors (Lipinski definition) is 1. The van der Waals surface area contributed by atoms with E-state index >= 15 is 0 Å². The van der Waals surface area contributed by atoms with Crippen LogP contribution in [0.25, 0.3) is 21.7 Å². The molecule has 0 bridgehead atoms. The topological polar surface area (TPSA) is 32.9 Å². The molecule has 17 heavy (non-hydrogen) atoms. The lowest BCUT2D eigenvalue weighted by Crippen LogP contribution is -2.00. The van der Waals surface area contributed by atoms with Gasteiger partial charge >= 0.3 is 0 Å². The van der Waals surface area contributed by atoms with E-state index in [0.717, 1.165) is 31.8 Å². The molecule has 84 valence electrons. The second-order valence-electron chi connectivity index (χ2n) is 4.14. The lowest BCUT2D eigenvalue weighted by atomic mass is 10.1. The minimum Gasteiger partial charge on any atom is -0.358 e. The molecule has 0 saturated heterocycles. The number of pyridine rings is 1. The van der Waals surface area contributed by atoms with Crippen LogP contribution >= 0.6 is 15.9 Å². The molecule has 0 amide bonds. The summed E-state index contributed by atoms with van der Waals surface area (Å²) < 4.78 is 0.954. The van der Waals surface area contributed by atoms with Crippen molar-refractivity contribution in [1.82, 2.24) is 4.98 Å². The quantitative estimate of drug-likeness (QED) is 0.628. The predicted molar refractivity (Wildman–Crippen MR) is 74.5 cm³/mol. The zero-order chi connectivity index (χ0) is 12.0. The van der Waals surface area contributed by atoms with Crippen LogP contribution in [0.15, 0.2) is 45.7 Å². The van der Waals surface area contributed by atoms with E-state index in [9.17, 15) is 4.79 Å². The third-order valence-corrected chi connectivity index (χ3v) is 3.60. The number of halogens is 1. The first-order valence-electron chi connectivity index (χ1n) is 5.38. The first kappa shape index (κ1) is 10.5. The highest BCUT2D eigenvalue weighted by atomic mass is 79.9. The number of aromatic nitrogens is 1. The van der Waals surface area contributed by atoms with Crippen LogP contribution in [0.4, 0.5) is 0 Å². The highest BCUT2D eigenvalue weighted by molar-refractivity contribution is 9.10. The molecule has 0 saturated carbocycles. The van der Waals surface area contributed by atoms with Gasteiger partial charge in [0.05, 0.1) is 10.9 Å². The molecular formula is C14H10BrNO. The van der Waals surface area contributed by atoms with Gasteiger partial charge < -0.3 is 4.98 Å². The normalized spacial score (nSPS) is 11.2. The number of hydrogen-bond acceptors (Lipinski definition) is 1. The maximum Gasteiger partial charge on any atom is 0.188 e. The standard InChI is InChI=1S/C14H10BrNO/c1-8-5-6-9-7-11(15)10-3-2-4-12(17)13(10)14(9)16-8/h2-7,16H,1H3. The van der Waals surface area contributed by atoms with E-state index in [1.54, 1.807) is 12.1 Å². The van der Waals surface area contributed by atoms with Gasteiger partial charge in [-0.3, -0.25) is 4.79 Å². The molecule has 3 aromatic rings. The highest BCUT2D eigenvalue weighted by Gasteiger charge is 2.07. The van der Waals surface area contributed by atoms with Crippen LogP contribution in [0.5, 0.6) is 0 Å². The number of H-pyrrole nitrogens is 1. The van der Waals surface area contributed by atoms with E-state index in [4.69, 9.17) is 0 Å². The van der Waals surface area contributed by atoms with Crippen molar-refractivity contribution in [2.75, 3.05) is 0 Å². The van der Waals surface area contributed by atoms with Crippen molar-refractivity contribution in [3.05, 3.63) is 56.8 Å². The SMILES string of the molecule is Cc1ccc2cc(Br)c3cccc(=O)c3c2[nH]1. The second-order valence-corrected chi connectivity index (χ2v) is 5.00. The average Bonchev–Trinajstić information content (AvgIpc) is 2.30. The Labute approximate surface area is 106 Å². The molecule has 0 unspecified atom stereocenters. The summed E-state index contributed by atoms with van der Waals surface area (Å²) in [5.41, 5.74) is 2.01. The van der Waals surface area contributed by atoms with Crippen LogP contribution in [0.1, 0.15) is 5.69 Å². The van der Waals surface area contributed by atoms with Crippen molar-refractivity contribution in [3.63, 3.8) is 0 Å². The molecule has 3 heteroatoms. The highest BCUT2D eigenvalue weighted by Crippen LogP contribution is 2.28. The van der Waals surface area contributed by atoms with Crippen LogP contribution in [0.3, 0.4) is 0 Å². The molecule has 1 heterocycles. The molecule has 1 N–H and O–H groups in total. The third kappa shape index (κ3) is 1.58. The van der Waals surface area contributed by atoms with Crippen LogP contribution < -0.4 is 5.43 Å². The van der Waals surface area contributed by atoms with Gasteiger partial charge in [-0.1, -0.05) is 34.1 Å². The largest absolute Gasteiger partial charge is 0.358 e. The van der Waals surface area contributed by atoms with Crippen LogP contribution in [-0.2, 0) is 0 Å². The third-order valence-electron chi connectivity index (χ3n) is 2.94. The summed E-state index contributed by atoms with van der Waals surface area (Å²) in [5.74, 6) is 0. The Morgan fingerprint density at radius 2 is 2.00 bits per heavy atom. The average molecular weight is 288 g/mol. The van der Waals surface area contributed by atoms with Crippen LogP contribution in [-0.4, -0.2) is 4.98 Å². The molecule has 0 aliphatic heterocycles. The summed E-state index contributed by atoms with van der Waals surface area (Å²) in [4.78, 5) is 15.3. The minimum absolute atomic E-state index is 0.0515. The van der Waals surface area contributed by atoms with Gasteiger partial charge in [0.25, 0.3) is 0 Å². The van der Waals surface area contributed by atoms with E-state index in [-0.39, 0.29) is 5.43 Å². The van der Waals surface area contributed by atoms with Crippen molar-refractivity contribution in [2.45, 2.75) is 6.92 Å². The molecule has 0 atom stereocenters. The Morgan fingerprint density at radius 1 is 1.18 bits per heavy atom. The number of aromatic amines is 1. The summed E-state index contributed by atoms with van der Waals surface area (Å²) in [7, 11) is 0. The summed E-state index contributed by atoms with van der Waals surface area (Å²) in [5, 5.41) is 2.74. The number of benzene rings is 2. The number of aryl methyl sites for hydroxylation is 1. The number of nitrogens with one attached hydrogen (secondary N) is 1. The van der Waals surface area contributed by atoms with Crippen molar-refractivity contribution in [3.8, 4) is 0 Å². The van der Waals surface area contributed by atoms with Gasteiger partial charge in [0.1, 0.15) is 0 Å². The van der Waals surface area contributed by atoms with E-state index in [1.165, 1.54) is 0 Å². The lowest BCUT2D eigenvalue weighted by Gasteiger charge is -2.06. The Balaban J connectivity index is 2.70. The molecule has 3 rings (SSSR count). The maximum absolute atomic E-state index is 12.0. The van der Waals surface area contributed by atoms with E-state index < -0.39 is 0 Å². The summed E-state index contributed by atoms with van der Waals surface area (Å²) in [6.07, 6.45) is 0. The monoisotopic (exact) mass is 287 g/mol. The molecule has 2 nitrogen and oxygen atoms in total. The second kappa shape index (κ2) is 3.70. The zero-order valence-corrected chi connectivity index (χ0v) is 10.8. The molecule has 0 aliphatic carbocycles. The van der Waals surface area contributed by atoms with Gasteiger partial charge in [-0.15, -0.1) is 0 Å². The van der Waals surface area contributed by atoms with Gasteiger partial charge in [0.15, 0.2) is 5.43 Å². The van der Waals surface area contributed by atoms with E-state index in [0.29, 0.717) is 0 Å². The van der Waals surface area contributed by atoms with Crippen molar-refractivity contribution >= 4 is 37.6 Å². The maximum atomic E-state index is 12.0. The fraction of sp³-hybridized carbons (Fsp3) is 0.0714. The first-order chi connectivity index (χ1) is 8.16. The molecule has 0 radical (unpaired) electrons. The van der Waals surface area contributed by atoms with Crippen LogP contribution in [0, 0.1) is 6.92 Å². The smallest absolute Gasteiger partial charge is 0.188 e. The van der Waals surface area contributed by atoms with Gasteiger partial charge in [0, 0.05) is 15.6 Å². The minimum atomic E-state index is 0.0515. The lowest BCUT2D eigenvalue weighted by molar-refractivity contribution is 1.26. The van der Waals surface area contributed by atoms with Crippen LogP contribution in [0.2, 0.25) is 0 Å². The number of fused-ring (bicyclic) bond motifs is 3. The molecule has 2 aromatic carbocycles. The van der Waals surface area contributed by atoms with Crippen molar-refractivity contribution < 1.29 is 0 Å². The van der Waals surface area contributed by atoms with Gasteiger partial charge in [0.2, 0.25) is 0 Å². The molecule has 0 aliphatic rings. The Morgan fingerprint density at radius 3 is 2.82 bits per heavy atom. The summed E-state index contributed by atoms with van der Waals surface area (Å²) in [6, 6.07) is 11.4. The van der Waals surface area contributed by atoms with Gasteiger partial charge in [-0.25, -0.2) is 0 Å². The van der Waals surface area contributed by atoms with Gasteiger partial charge in [-0.05, 0) is 30.5 Å². The van der Waals surface area contributed by atoms with E-state index in [2.05, 4.69) is 20.9 Å². The van der Waals surface area contributed by atoms with Crippen molar-refractivity contribution in [2.24, 2.45) is 0 Å². The first-order valence-corrected chi connectivity index (χ1v) is 6.17. The predicted octanol–water partition coefficient (Wildman–Crippen LogP) is 3.75. The van der Waals surface area contributed by atoms with E-state index in [1.807, 2.05) is 31.2 Å².